The van der Waals surface area contributed by atoms with Crippen molar-refractivity contribution in [2.75, 3.05) is 7.11 Å². The topological polar surface area (TPSA) is 64.6 Å². The van der Waals surface area contributed by atoms with Crippen molar-refractivity contribution in [3.8, 4) is 5.75 Å². The summed E-state index contributed by atoms with van der Waals surface area (Å²) < 4.78 is 10.2. The molecule has 0 saturated carbocycles. The Morgan fingerprint density at radius 2 is 1.69 bits per heavy atom. The minimum absolute atomic E-state index is 0.103. The Labute approximate surface area is 162 Å². The minimum Gasteiger partial charge on any atom is -0.497 e. The number of carbonyl (C=O) groups is 2. The molecule has 2 aromatic rings. The first-order valence-corrected chi connectivity index (χ1v) is 8.69. The van der Waals surface area contributed by atoms with Gasteiger partial charge in [0.1, 0.15) is 5.75 Å². The first-order chi connectivity index (χ1) is 12.4. The molecule has 0 aromatic heterocycles. The molecule has 0 spiro atoms. The van der Waals surface area contributed by atoms with Crippen LogP contribution in [0.1, 0.15) is 18.1 Å². The van der Waals surface area contributed by atoms with Crippen LogP contribution < -0.4 is 10.1 Å². The molecule has 26 heavy (non-hydrogen) atoms. The van der Waals surface area contributed by atoms with E-state index in [2.05, 4.69) is 5.32 Å². The van der Waals surface area contributed by atoms with Gasteiger partial charge in [-0.3, -0.25) is 9.59 Å². The largest absolute Gasteiger partial charge is 0.497 e. The number of halogens is 2. The summed E-state index contributed by atoms with van der Waals surface area (Å²) in [7, 11) is 1.59. The van der Waals surface area contributed by atoms with Crippen LogP contribution in [-0.2, 0) is 27.3 Å². The number of hydrogen-bond acceptors (Lipinski definition) is 4. The highest BCUT2D eigenvalue weighted by molar-refractivity contribution is 6.36. The van der Waals surface area contributed by atoms with Crippen LogP contribution in [0.3, 0.4) is 0 Å². The highest BCUT2D eigenvalue weighted by Gasteiger charge is 2.19. The van der Waals surface area contributed by atoms with Crippen molar-refractivity contribution in [2.45, 2.75) is 26.0 Å². The quantitative estimate of drug-likeness (QED) is 0.724. The van der Waals surface area contributed by atoms with Gasteiger partial charge >= 0.3 is 5.97 Å². The van der Waals surface area contributed by atoms with E-state index >= 15 is 0 Å². The van der Waals surface area contributed by atoms with E-state index in [0.717, 1.165) is 11.3 Å². The lowest BCUT2D eigenvalue weighted by Crippen LogP contribution is -2.35. The Balaban J connectivity index is 1.84. The molecule has 0 fully saturated rings. The molecular formula is C19H19Cl2NO4. The second-order valence-electron chi connectivity index (χ2n) is 5.57. The summed E-state index contributed by atoms with van der Waals surface area (Å²) in [4.78, 5) is 24.1. The normalized spacial score (nSPS) is 11.5. The standard InChI is InChI=1S/C19H19Cl2NO4/c1-12(19(24)22-11-13-6-8-14(25-2)9-7-13)26-18(23)10-15-16(20)4-3-5-17(15)21/h3-9,12H,10-11H2,1-2H3,(H,22,24)/t12-/m0/s1. The summed E-state index contributed by atoms with van der Waals surface area (Å²) in [5.41, 5.74) is 1.38. The molecule has 1 amide bonds. The Hall–Kier alpha value is -2.24. The van der Waals surface area contributed by atoms with Crippen LogP contribution in [0, 0.1) is 0 Å². The summed E-state index contributed by atoms with van der Waals surface area (Å²) in [6.07, 6.45) is -1.03. The summed E-state index contributed by atoms with van der Waals surface area (Å²) in [6.45, 7) is 1.83. The summed E-state index contributed by atoms with van der Waals surface area (Å²) >= 11 is 12.1. The second-order valence-corrected chi connectivity index (χ2v) is 6.39. The predicted octanol–water partition coefficient (Wildman–Crippen LogP) is 3.79. The van der Waals surface area contributed by atoms with E-state index in [1.54, 1.807) is 37.4 Å². The number of methoxy groups -OCH3 is 1. The fourth-order valence-electron chi connectivity index (χ4n) is 2.21. The molecular weight excluding hydrogens is 377 g/mol. The van der Waals surface area contributed by atoms with Crippen molar-refractivity contribution in [3.05, 3.63) is 63.6 Å². The minimum atomic E-state index is -0.929. The van der Waals surface area contributed by atoms with Gasteiger partial charge in [0.05, 0.1) is 13.5 Å². The van der Waals surface area contributed by atoms with Crippen molar-refractivity contribution < 1.29 is 19.1 Å². The lowest BCUT2D eigenvalue weighted by molar-refractivity contribution is -0.154. The van der Waals surface area contributed by atoms with Gasteiger partial charge < -0.3 is 14.8 Å². The van der Waals surface area contributed by atoms with Crippen molar-refractivity contribution in [1.82, 2.24) is 5.32 Å². The summed E-state index contributed by atoms with van der Waals surface area (Å²) in [5.74, 6) is -0.230. The molecule has 2 rings (SSSR count). The summed E-state index contributed by atoms with van der Waals surface area (Å²) in [5, 5.41) is 3.48. The highest BCUT2D eigenvalue weighted by atomic mass is 35.5. The van der Waals surface area contributed by atoms with Crippen LogP contribution in [0.25, 0.3) is 0 Å². The van der Waals surface area contributed by atoms with E-state index < -0.39 is 12.1 Å². The number of amides is 1. The van der Waals surface area contributed by atoms with Gasteiger partial charge in [-0.25, -0.2) is 0 Å². The van der Waals surface area contributed by atoms with Gasteiger partial charge in [-0.15, -0.1) is 0 Å². The monoisotopic (exact) mass is 395 g/mol. The van der Waals surface area contributed by atoms with Gasteiger partial charge in [0.15, 0.2) is 6.10 Å². The van der Waals surface area contributed by atoms with Crippen molar-refractivity contribution in [1.29, 1.82) is 0 Å². The van der Waals surface area contributed by atoms with Crippen LogP contribution in [0.2, 0.25) is 10.0 Å². The molecule has 0 aliphatic carbocycles. The zero-order chi connectivity index (χ0) is 19.1. The van der Waals surface area contributed by atoms with Crippen molar-refractivity contribution in [3.63, 3.8) is 0 Å². The Kier molecular flexibility index (Phi) is 7.30. The van der Waals surface area contributed by atoms with Crippen LogP contribution in [0.5, 0.6) is 5.75 Å². The average molecular weight is 396 g/mol. The van der Waals surface area contributed by atoms with Gasteiger partial charge in [0.25, 0.3) is 5.91 Å². The molecule has 0 saturated heterocycles. The number of ether oxygens (including phenoxy) is 2. The maximum atomic E-state index is 12.1. The van der Waals surface area contributed by atoms with Crippen LogP contribution in [0.4, 0.5) is 0 Å². The van der Waals surface area contributed by atoms with Gasteiger partial charge in [-0.2, -0.15) is 0 Å². The number of benzene rings is 2. The maximum absolute atomic E-state index is 12.1. The third kappa shape index (κ3) is 5.64. The number of esters is 1. The lowest BCUT2D eigenvalue weighted by Gasteiger charge is -2.14. The second kappa shape index (κ2) is 9.46. The molecule has 0 bridgehead atoms. The third-order valence-electron chi connectivity index (χ3n) is 3.69. The van der Waals surface area contributed by atoms with E-state index in [9.17, 15) is 9.59 Å². The molecule has 138 valence electrons. The number of rotatable bonds is 7. The SMILES string of the molecule is COc1ccc(CNC(=O)[C@H](C)OC(=O)Cc2c(Cl)cccc2Cl)cc1. The first kappa shape index (κ1) is 20.1. The van der Waals surface area contributed by atoms with Crippen LogP contribution >= 0.6 is 23.2 Å². The summed E-state index contributed by atoms with van der Waals surface area (Å²) in [6, 6.07) is 12.3. The Morgan fingerprint density at radius 3 is 2.27 bits per heavy atom. The highest BCUT2D eigenvalue weighted by Crippen LogP contribution is 2.25. The van der Waals surface area contributed by atoms with Gasteiger partial charge in [-0.05, 0) is 36.8 Å². The van der Waals surface area contributed by atoms with Crippen LogP contribution in [0.15, 0.2) is 42.5 Å². The smallest absolute Gasteiger partial charge is 0.311 e. The molecule has 5 nitrogen and oxygen atoms in total. The van der Waals surface area contributed by atoms with Gasteiger partial charge in [0, 0.05) is 22.2 Å². The van der Waals surface area contributed by atoms with E-state index in [0.29, 0.717) is 22.2 Å². The number of hydrogen-bond donors (Lipinski definition) is 1. The molecule has 7 heteroatoms. The lowest BCUT2D eigenvalue weighted by atomic mass is 10.1. The fourth-order valence-corrected chi connectivity index (χ4v) is 2.75. The zero-order valence-electron chi connectivity index (χ0n) is 14.4. The van der Waals surface area contributed by atoms with Crippen molar-refractivity contribution in [2.24, 2.45) is 0 Å². The third-order valence-corrected chi connectivity index (χ3v) is 4.39. The predicted molar refractivity (Wildman–Crippen MR) is 101 cm³/mol. The van der Waals surface area contributed by atoms with E-state index in [1.165, 1.54) is 6.92 Å². The van der Waals surface area contributed by atoms with Gasteiger partial charge in [0.2, 0.25) is 0 Å². The molecule has 1 N–H and O–H groups in total. The Morgan fingerprint density at radius 1 is 1.08 bits per heavy atom. The number of carbonyl (C=O) groups excluding carboxylic acids is 2. The number of nitrogens with one attached hydrogen (secondary N) is 1. The molecule has 1 atom stereocenters. The molecule has 0 heterocycles. The van der Waals surface area contributed by atoms with Crippen molar-refractivity contribution >= 4 is 35.1 Å². The van der Waals surface area contributed by atoms with Crippen LogP contribution in [-0.4, -0.2) is 25.1 Å². The zero-order valence-corrected chi connectivity index (χ0v) is 15.9. The van der Waals surface area contributed by atoms with E-state index in [1.807, 2.05) is 12.1 Å². The molecule has 0 aliphatic heterocycles. The van der Waals surface area contributed by atoms with E-state index in [-0.39, 0.29) is 12.3 Å². The van der Waals surface area contributed by atoms with Gasteiger partial charge in [-0.1, -0.05) is 41.4 Å². The molecule has 0 radical (unpaired) electrons. The Bertz CT molecular complexity index is 757. The first-order valence-electron chi connectivity index (χ1n) is 7.93. The fraction of sp³-hybridized carbons (Fsp3) is 0.263. The maximum Gasteiger partial charge on any atom is 0.311 e. The molecule has 2 aromatic carbocycles. The average Bonchev–Trinajstić information content (AvgIpc) is 2.63. The molecule has 0 unspecified atom stereocenters. The molecule has 0 aliphatic rings. The van der Waals surface area contributed by atoms with E-state index in [4.69, 9.17) is 32.7 Å².